The Hall–Kier alpha value is -2.08. The first-order valence-electron chi connectivity index (χ1n) is 10.6. The molecule has 6 atom stereocenters. The second kappa shape index (κ2) is 6.71. The topological polar surface area (TPSA) is 80.7 Å². The lowest BCUT2D eigenvalue weighted by molar-refractivity contribution is -0.185. The number of aliphatic hydroxyl groups is 1. The summed E-state index contributed by atoms with van der Waals surface area (Å²) in [4.78, 5) is 36.0. The van der Waals surface area contributed by atoms with E-state index >= 15 is 4.39 Å². The van der Waals surface area contributed by atoms with Crippen molar-refractivity contribution < 1.29 is 28.6 Å². The third kappa shape index (κ3) is 2.65. The van der Waals surface area contributed by atoms with E-state index in [0.717, 1.165) is 11.1 Å². The number of esters is 1. The molecule has 0 unspecified atom stereocenters. The number of aliphatic hydroxyl groups excluding tert-OH is 1. The van der Waals surface area contributed by atoms with E-state index < -0.39 is 34.5 Å². The lowest BCUT2D eigenvalue weighted by atomic mass is 9.45. The van der Waals surface area contributed by atoms with Gasteiger partial charge in [-0.2, -0.15) is 0 Å². The predicted octanol–water partition coefficient (Wildman–Crippen LogP) is 3.42. The Balaban J connectivity index is 1.72. The van der Waals surface area contributed by atoms with Crippen LogP contribution < -0.4 is 0 Å². The highest BCUT2D eigenvalue weighted by molar-refractivity contribution is 6.01. The van der Waals surface area contributed by atoms with Crippen molar-refractivity contribution in [2.24, 2.45) is 22.7 Å². The lowest BCUT2D eigenvalue weighted by Crippen LogP contribution is -2.66. The average Bonchev–Trinajstić information content (AvgIpc) is 2.91. The van der Waals surface area contributed by atoms with Crippen molar-refractivity contribution in [3.63, 3.8) is 0 Å². The number of Topliss-reactive ketones (excluding diaryl/α,β-unsaturated/α-hetero) is 1. The first-order chi connectivity index (χ1) is 13.9. The van der Waals surface area contributed by atoms with E-state index in [1.165, 1.54) is 19.1 Å². The number of allylic oxidation sites excluding steroid dienone is 5. The molecule has 0 amide bonds. The van der Waals surface area contributed by atoms with Gasteiger partial charge in [0.2, 0.25) is 0 Å². The van der Waals surface area contributed by atoms with Crippen LogP contribution in [0.4, 0.5) is 4.39 Å². The number of ketones is 2. The molecule has 5 nitrogen and oxygen atoms in total. The van der Waals surface area contributed by atoms with Gasteiger partial charge >= 0.3 is 5.97 Å². The Morgan fingerprint density at radius 2 is 2.00 bits per heavy atom. The van der Waals surface area contributed by atoms with Crippen LogP contribution in [0.15, 0.2) is 34.9 Å². The summed E-state index contributed by atoms with van der Waals surface area (Å²) in [6, 6.07) is 0. The molecule has 2 saturated carbocycles. The fourth-order valence-electron chi connectivity index (χ4n) is 6.94. The fourth-order valence-corrected chi connectivity index (χ4v) is 6.94. The van der Waals surface area contributed by atoms with Crippen LogP contribution in [0.25, 0.3) is 0 Å². The number of ether oxygens (including phenoxy) is 1. The summed E-state index contributed by atoms with van der Waals surface area (Å²) in [5.41, 5.74) is -1.42. The van der Waals surface area contributed by atoms with Crippen molar-refractivity contribution in [3.8, 4) is 0 Å². The first-order valence-corrected chi connectivity index (χ1v) is 10.6. The van der Waals surface area contributed by atoms with E-state index in [1.54, 1.807) is 13.0 Å². The van der Waals surface area contributed by atoms with Crippen LogP contribution in [0, 0.1) is 22.7 Å². The van der Waals surface area contributed by atoms with Crippen LogP contribution in [0.3, 0.4) is 0 Å². The molecule has 6 heteroatoms. The SMILES string of the molecule is CC(=O)OCC(=O)C1=C(C)C[C@H]2[C@@H]3CCC4=CC(=O)C=C[C@]4(C)[C@@]3(F)[C@@H](O)C[C@]12C. The molecule has 0 spiro atoms. The van der Waals surface area contributed by atoms with Crippen LogP contribution in [0.2, 0.25) is 0 Å². The van der Waals surface area contributed by atoms with Gasteiger partial charge in [-0.05, 0) is 57.6 Å². The van der Waals surface area contributed by atoms with Gasteiger partial charge in [0.25, 0.3) is 0 Å². The van der Waals surface area contributed by atoms with E-state index in [0.29, 0.717) is 24.8 Å². The van der Waals surface area contributed by atoms with E-state index in [-0.39, 0.29) is 30.5 Å². The maximum atomic E-state index is 16.9. The molecule has 162 valence electrons. The molecule has 0 aromatic carbocycles. The molecule has 0 aromatic heterocycles. The molecule has 0 heterocycles. The maximum absolute atomic E-state index is 16.9. The van der Waals surface area contributed by atoms with Crippen molar-refractivity contribution in [2.45, 2.75) is 65.2 Å². The molecule has 1 N–H and O–H groups in total. The van der Waals surface area contributed by atoms with E-state index in [4.69, 9.17) is 4.74 Å². The molecule has 0 aliphatic heterocycles. The number of fused-ring (bicyclic) bond motifs is 5. The highest BCUT2D eigenvalue weighted by atomic mass is 19.1. The Morgan fingerprint density at radius 1 is 1.30 bits per heavy atom. The molecule has 0 radical (unpaired) electrons. The summed E-state index contributed by atoms with van der Waals surface area (Å²) in [7, 11) is 0. The van der Waals surface area contributed by atoms with Gasteiger partial charge in [-0.15, -0.1) is 0 Å². The zero-order valence-corrected chi connectivity index (χ0v) is 18.0. The maximum Gasteiger partial charge on any atom is 0.303 e. The number of hydrogen-bond donors (Lipinski definition) is 1. The van der Waals surface area contributed by atoms with Crippen LogP contribution >= 0.6 is 0 Å². The third-order valence-corrected chi connectivity index (χ3v) is 8.24. The second-order valence-electron chi connectivity index (χ2n) is 9.83. The van der Waals surface area contributed by atoms with Gasteiger partial charge in [0.15, 0.2) is 23.8 Å². The van der Waals surface area contributed by atoms with Gasteiger partial charge in [0.1, 0.15) is 0 Å². The molecular weight excluding hydrogens is 387 g/mol. The van der Waals surface area contributed by atoms with Crippen molar-refractivity contribution in [2.75, 3.05) is 6.61 Å². The summed E-state index contributed by atoms with van der Waals surface area (Å²) in [6.07, 6.45) is 5.09. The number of carbonyl (C=O) groups excluding carboxylic acids is 3. The number of carbonyl (C=O) groups is 3. The predicted molar refractivity (Wildman–Crippen MR) is 108 cm³/mol. The summed E-state index contributed by atoms with van der Waals surface area (Å²) >= 11 is 0. The van der Waals surface area contributed by atoms with Gasteiger partial charge in [-0.1, -0.05) is 24.1 Å². The standard InChI is InChI=1S/C24H29FO5/c1-13-9-18-17-6-5-15-10-16(27)7-8-23(15,4)24(17,25)20(29)11-22(18,3)21(13)19(28)12-30-14(2)26/h7-8,10,17-18,20,29H,5-6,9,11-12H2,1-4H3/t17-,18-,20-,22-,23-,24-/m0/s1. The van der Waals surface area contributed by atoms with Crippen molar-refractivity contribution >= 4 is 17.5 Å². The third-order valence-electron chi connectivity index (χ3n) is 8.24. The van der Waals surface area contributed by atoms with Gasteiger partial charge in [-0.25, -0.2) is 4.39 Å². The molecular formula is C24H29FO5. The van der Waals surface area contributed by atoms with E-state index in [1.807, 2.05) is 13.8 Å². The Bertz CT molecular complexity index is 930. The largest absolute Gasteiger partial charge is 0.457 e. The average molecular weight is 416 g/mol. The summed E-state index contributed by atoms with van der Waals surface area (Å²) in [5.74, 6) is -1.51. The molecule has 2 fully saturated rings. The van der Waals surface area contributed by atoms with Gasteiger partial charge < -0.3 is 9.84 Å². The molecule has 4 aliphatic carbocycles. The van der Waals surface area contributed by atoms with Gasteiger partial charge in [0.05, 0.1) is 6.10 Å². The van der Waals surface area contributed by atoms with Crippen LogP contribution in [-0.4, -0.2) is 41.0 Å². The fraction of sp³-hybridized carbons (Fsp3) is 0.625. The number of hydrogen-bond acceptors (Lipinski definition) is 5. The van der Waals surface area contributed by atoms with E-state index in [2.05, 4.69) is 0 Å². The Morgan fingerprint density at radius 3 is 2.67 bits per heavy atom. The minimum atomic E-state index is -1.91. The van der Waals surface area contributed by atoms with Crippen molar-refractivity contribution in [1.82, 2.24) is 0 Å². The molecule has 0 aromatic rings. The zero-order chi connectivity index (χ0) is 22.1. The van der Waals surface area contributed by atoms with E-state index in [9.17, 15) is 19.5 Å². The highest BCUT2D eigenvalue weighted by Crippen LogP contribution is 2.68. The molecule has 4 rings (SSSR count). The summed E-state index contributed by atoms with van der Waals surface area (Å²) in [6.45, 7) is 6.52. The van der Waals surface area contributed by atoms with Gasteiger partial charge in [0, 0.05) is 29.2 Å². The molecule has 0 bridgehead atoms. The van der Waals surface area contributed by atoms with Crippen molar-refractivity contribution in [1.29, 1.82) is 0 Å². The molecule has 30 heavy (non-hydrogen) atoms. The second-order valence-corrected chi connectivity index (χ2v) is 9.83. The molecule has 0 saturated heterocycles. The normalized spacial score (nSPS) is 42.3. The Kier molecular flexibility index (Phi) is 4.73. The van der Waals surface area contributed by atoms with Crippen LogP contribution in [0.5, 0.6) is 0 Å². The smallest absolute Gasteiger partial charge is 0.303 e. The minimum absolute atomic E-state index is 0.119. The summed E-state index contributed by atoms with van der Waals surface area (Å²) in [5, 5.41) is 11.2. The lowest BCUT2D eigenvalue weighted by Gasteiger charge is -2.61. The summed E-state index contributed by atoms with van der Waals surface area (Å²) < 4.78 is 21.9. The minimum Gasteiger partial charge on any atom is -0.457 e. The zero-order valence-electron chi connectivity index (χ0n) is 18.0. The van der Waals surface area contributed by atoms with Crippen molar-refractivity contribution in [3.05, 3.63) is 34.9 Å². The van der Waals surface area contributed by atoms with Crippen LogP contribution in [0.1, 0.15) is 53.4 Å². The quantitative estimate of drug-likeness (QED) is 0.713. The number of halogens is 1. The monoisotopic (exact) mass is 416 g/mol. The number of rotatable bonds is 3. The van der Waals surface area contributed by atoms with Gasteiger partial charge in [-0.3, -0.25) is 14.4 Å². The first kappa shape index (κ1) is 21.2. The van der Waals surface area contributed by atoms with Crippen LogP contribution in [-0.2, 0) is 19.1 Å². The molecule has 4 aliphatic rings. The Labute approximate surface area is 176 Å². The highest BCUT2D eigenvalue weighted by Gasteiger charge is 2.70. The number of alkyl halides is 1.